The molecular formula is C8H16N2O2. The van der Waals surface area contributed by atoms with E-state index < -0.39 is 0 Å². The van der Waals surface area contributed by atoms with E-state index in [9.17, 15) is 4.79 Å². The molecule has 3 N–H and O–H groups in total. The zero-order valence-electron chi connectivity index (χ0n) is 7.38. The molecule has 2 unspecified atom stereocenters. The number of amides is 1. The number of carbonyl (C=O) groups is 1. The van der Waals surface area contributed by atoms with Crippen molar-refractivity contribution >= 4 is 5.91 Å². The number of nitrogens with two attached hydrogens (primary N) is 1. The number of hydrogen-bond acceptors (Lipinski definition) is 3. The van der Waals surface area contributed by atoms with Gasteiger partial charge >= 0.3 is 0 Å². The van der Waals surface area contributed by atoms with Crippen molar-refractivity contribution in [2.45, 2.75) is 19.4 Å². The van der Waals surface area contributed by atoms with Crippen molar-refractivity contribution in [2.24, 2.45) is 11.7 Å². The molecule has 0 aromatic rings. The van der Waals surface area contributed by atoms with E-state index in [0.717, 1.165) is 19.6 Å². The third-order valence-electron chi connectivity index (χ3n) is 2.24. The summed E-state index contributed by atoms with van der Waals surface area (Å²) >= 11 is 0. The van der Waals surface area contributed by atoms with E-state index in [0.29, 0.717) is 12.0 Å². The molecule has 1 heterocycles. The second-order valence-corrected chi connectivity index (χ2v) is 3.22. The van der Waals surface area contributed by atoms with Crippen LogP contribution in [0.5, 0.6) is 0 Å². The minimum Gasteiger partial charge on any atom is -0.378 e. The largest absolute Gasteiger partial charge is 0.378 e. The zero-order valence-corrected chi connectivity index (χ0v) is 7.38. The Hall–Kier alpha value is -0.610. The van der Waals surface area contributed by atoms with E-state index in [1.54, 1.807) is 0 Å². The van der Waals surface area contributed by atoms with Crippen LogP contribution in [0.25, 0.3) is 0 Å². The molecule has 1 rings (SSSR count). The highest BCUT2D eigenvalue weighted by atomic mass is 16.5. The van der Waals surface area contributed by atoms with Gasteiger partial charge in [0.25, 0.3) is 0 Å². The van der Waals surface area contributed by atoms with Gasteiger partial charge in [-0.1, -0.05) is 0 Å². The van der Waals surface area contributed by atoms with E-state index in [1.165, 1.54) is 0 Å². The molecule has 70 valence electrons. The number of hydrogen-bond donors (Lipinski definition) is 2. The van der Waals surface area contributed by atoms with Gasteiger partial charge in [0.1, 0.15) is 0 Å². The molecule has 1 amide bonds. The SMILES string of the molecule is CC1OCCC1CNCC(N)=O. The normalized spacial score (nSPS) is 29.1. The van der Waals surface area contributed by atoms with Crippen LogP contribution in [0.15, 0.2) is 0 Å². The van der Waals surface area contributed by atoms with Gasteiger partial charge in [-0.15, -0.1) is 0 Å². The van der Waals surface area contributed by atoms with Gasteiger partial charge in [0.05, 0.1) is 12.6 Å². The maximum Gasteiger partial charge on any atom is 0.231 e. The van der Waals surface area contributed by atoms with Crippen LogP contribution in [0.1, 0.15) is 13.3 Å². The van der Waals surface area contributed by atoms with E-state index in [-0.39, 0.29) is 12.5 Å². The number of ether oxygens (including phenoxy) is 1. The highest BCUT2D eigenvalue weighted by molar-refractivity contribution is 5.75. The van der Waals surface area contributed by atoms with Gasteiger partial charge in [-0.25, -0.2) is 0 Å². The molecule has 0 aromatic heterocycles. The first-order valence-electron chi connectivity index (χ1n) is 4.31. The molecule has 2 atom stereocenters. The van der Waals surface area contributed by atoms with Crippen LogP contribution in [-0.4, -0.2) is 31.7 Å². The van der Waals surface area contributed by atoms with Crippen LogP contribution in [0.4, 0.5) is 0 Å². The fraction of sp³-hybridized carbons (Fsp3) is 0.875. The molecule has 1 fully saturated rings. The Morgan fingerprint density at radius 3 is 3.00 bits per heavy atom. The summed E-state index contributed by atoms with van der Waals surface area (Å²) in [7, 11) is 0. The molecule has 0 aromatic carbocycles. The predicted octanol–water partition coefficient (Wildman–Crippen LogP) is -0.514. The highest BCUT2D eigenvalue weighted by Crippen LogP contribution is 2.18. The van der Waals surface area contributed by atoms with Crippen molar-refractivity contribution < 1.29 is 9.53 Å². The smallest absolute Gasteiger partial charge is 0.231 e. The Kier molecular flexibility index (Phi) is 3.49. The summed E-state index contributed by atoms with van der Waals surface area (Å²) in [6, 6.07) is 0. The summed E-state index contributed by atoms with van der Waals surface area (Å²) in [5.74, 6) is 0.228. The molecule has 1 saturated heterocycles. The Morgan fingerprint density at radius 2 is 2.50 bits per heavy atom. The third-order valence-corrected chi connectivity index (χ3v) is 2.24. The first kappa shape index (κ1) is 9.48. The van der Waals surface area contributed by atoms with Crippen LogP contribution in [-0.2, 0) is 9.53 Å². The van der Waals surface area contributed by atoms with Crippen molar-refractivity contribution in [2.75, 3.05) is 19.7 Å². The number of carbonyl (C=O) groups excluding carboxylic acids is 1. The molecule has 1 aliphatic rings. The minimum atomic E-state index is -0.304. The lowest BCUT2D eigenvalue weighted by Crippen LogP contribution is -2.33. The van der Waals surface area contributed by atoms with Gasteiger partial charge < -0.3 is 15.8 Å². The van der Waals surface area contributed by atoms with Crippen LogP contribution in [0.3, 0.4) is 0 Å². The molecule has 12 heavy (non-hydrogen) atoms. The lowest BCUT2D eigenvalue weighted by Gasteiger charge is -2.13. The average Bonchev–Trinajstić information content (AvgIpc) is 2.36. The molecular weight excluding hydrogens is 156 g/mol. The van der Waals surface area contributed by atoms with Gasteiger partial charge in [-0.05, 0) is 19.3 Å². The standard InChI is InChI=1S/C8H16N2O2/c1-6-7(2-3-12-6)4-10-5-8(9)11/h6-7,10H,2-5H2,1H3,(H2,9,11). The Balaban J connectivity index is 2.10. The summed E-state index contributed by atoms with van der Waals surface area (Å²) < 4.78 is 5.37. The van der Waals surface area contributed by atoms with Crippen LogP contribution in [0.2, 0.25) is 0 Å². The summed E-state index contributed by atoms with van der Waals surface area (Å²) in [6.45, 7) is 3.99. The van der Waals surface area contributed by atoms with E-state index >= 15 is 0 Å². The summed E-state index contributed by atoms with van der Waals surface area (Å²) in [6.07, 6.45) is 1.39. The van der Waals surface area contributed by atoms with Crippen molar-refractivity contribution in [1.82, 2.24) is 5.32 Å². The van der Waals surface area contributed by atoms with Crippen LogP contribution < -0.4 is 11.1 Å². The molecule has 0 spiro atoms. The van der Waals surface area contributed by atoms with Gasteiger partial charge in [0.2, 0.25) is 5.91 Å². The first-order chi connectivity index (χ1) is 5.70. The third kappa shape index (κ3) is 2.79. The van der Waals surface area contributed by atoms with E-state index in [1.807, 2.05) is 0 Å². The summed E-state index contributed by atoms with van der Waals surface area (Å²) in [5.41, 5.74) is 4.98. The van der Waals surface area contributed by atoms with Gasteiger partial charge in [-0.2, -0.15) is 0 Å². The van der Waals surface area contributed by atoms with Crippen molar-refractivity contribution in [3.05, 3.63) is 0 Å². The molecule has 4 heteroatoms. The molecule has 1 aliphatic heterocycles. The zero-order chi connectivity index (χ0) is 8.97. The maximum absolute atomic E-state index is 10.4. The van der Waals surface area contributed by atoms with Gasteiger partial charge in [-0.3, -0.25) is 4.79 Å². The van der Waals surface area contributed by atoms with Crippen molar-refractivity contribution in [3.8, 4) is 0 Å². The topological polar surface area (TPSA) is 64.3 Å². The average molecular weight is 172 g/mol. The van der Waals surface area contributed by atoms with Gasteiger partial charge in [0, 0.05) is 13.2 Å². The molecule has 0 aliphatic carbocycles. The second-order valence-electron chi connectivity index (χ2n) is 3.22. The predicted molar refractivity (Wildman–Crippen MR) is 45.6 cm³/mol. The number of rotatable bonds is 4. The van der Waals surface area contributed by atoms with E-state index in [4.69, 9.17) is 10.5 Å². The second kappa shape index (κ2) is 4.42. The van der Waals surface area contributed by atoms with Crippen LogP contribution in [0, 0.1) is 5.92 Å². The molecule has 0 radical (unpaired) electrons. The summed E-state index contributed by atoms with van der Waals surface area (Å²) in [4.78, 5) is 10.4. The fourth-order valence-corrected chi connectivity index (χ4v) is 1.42. The quantitative estimate of drug-likeness (QED) is 0.600. The monoisotopic (exact) mass is 172 g/mol. The molecule has 0 bridgehead atoms. The minimum absolute atomic E-state index is 0.267. The maximum atomic E-state index is 10.4. The highest BCUT2D eigenvalue weighted by Gasteiger charge is 2.23. The van der Waals surface area contributed by atoms with Crippen LogP contribution >= 0.6 is 0 Å². The lowest BCUT2D eigenvalue weighted by molar-refractivity contribution is -0.117. The Morgan fingerprint density at radius 1 is 1.75 bits per heavy atom. The Bertz CT molecular complexity index is 161. The lowest BCUT2D eigenvalue weighted by atomic mass is 10.0. The van der Waals surface area contributed by atoms with Gasteiger partial charge in [0.15, 0.2) is 0 Å². The summed E-state index contributed by atoms with van der Waals surface area (Å²) in [5, 5.41) is 3.00. The molecule has 4 nitrogen and oxygen atoms in total. The number of nitrogens with one attached hydrogen (secondary N) is 1. The first-order valence-corrected chi connectivity index (χ1v) is 4.31. The number of primary amides is 1. The van der Waals surface area contributed by atoms with E-state index in [2.05, 4.69) is 12.2 Å². The van der Waals surface area contributed by atoms with Crippen molar-refractivity contribution in [3.63, 3.8) is 0 Å². The molecule has 0 saturated carbocycles. The Labute approximate surface area is 72.5 Å². The fourth-order valence-electron chi connectivity index (χ4n) is 1.42. The van der Waals surface area contributed by atoms with Crippen molar-refractivity contribution in [1.29, 1.82) is 0 Å².